The lowest BCUT2D eigenvalue weighted by atomic mass is 10.1. The Kier molecular flexibility index (Phi) is 24.4. The van der Waals surface area contributed by atoms with E-state index < -0.39 is 42.2 Å². The number of aliphatic imine (C=N–C) groups is 1. The number of aryl methyl sites for hydroxylation is 3. The van der Waals surface area contributed by atoms with E-state index in [-0.39, 0.29) is 93.9 Å². The van der Waals surface area contributed by atoms with Crippen molar-refractivity contribution in [3.63, 3.8) is 0 Å². The largest absolute Gasteiger partial charge is 0.446 e. The van der Waals surface area contributed by atoms with Gasteiger partial charge in [-0.1, -0.05) is 79.6 Å². The first-order chi connectivity index (χ1) is 35.6. The van der Waals surface area contributed by atoms with Gasteiger partial charge >= 0.3 is 11.5 Å². The Balaban J connectivity index is 0.000000342. The highest BCUT2D eigenvalue weighted by atomic mass is 79.9. The number of nitrogens with two attached hydrogens (primary N) is 2. The molecule has 0 radical (unpaired) electrons. The number of nitrogens with zero attached hydrogens (tertiary/aromatic N) is 9. The molecule has 0 spiro atoms. The van der Waals surface area contributed by atoms with Crippen molar-refractivity contribution in [3.8, 4) is 34.4 Å². The second kappa shape index (κ2) is 29.4. The summed E-state index contributed by atoms with van der Waals surface area (Å²) in [4.78, 5) is 28.6. The molecular weight excluding hydrogens is 1220 g/mol. The van der Waals surface area contributed by atoms with Crippen LogP contribution >= 0.6 is 42.5 Å². The van der Waals surface area contributed by atoms with Gasteiger partial charge in [0.1, 0.15) is 17.3 Å². The van der Waals surface area contributed by atoms with Gasteiger partial charge in [0, 0.05) is 30.2 Å². The van der Waals surface area contributed by atoms with E-state index in [4.69, 9.17) is 45.9 Å². The zero-order valence-corrected chi connectivity index (χ0v) is 44.8. The molecule has 8 aromatic rings. The quantitative estimate of drug-likeness (QED) is 0.0232. The standard InChI is InChI=1S/C21H20BrFN8O5S.C16H16BrFN6O3.C7H7ClO2S.3CH4/c1-12-3-6-14(7-4-12)37(33,34)30-20(24)26-10-2-9-25-18-17(27-36-28-18)19-29-35-21(32)31(19)13-5-8-16(23)15(22)11-13;17-10-8-9(6-7-11(10)18)24-15(23-26-16(24)25)14-12(21-27-22-14)4-2-1-3-5-13(19)20;1-6-2-4-7(5-3-6)11(8,9)10;;;/h3-8,11H,2,9-10H2,1H3,(H,25,28)(H3,24,26,30);6-8H,1-5H2,(H3,19,20);2-5H,1H3;3*1H4. The molecular formula is C47H55Br2ClF2N14O10S2. The van der Waals surface area contributed by atoms with Crippen LogP contribution in [-0.4, -0.2) is 81.8 Å². The smallest absolute Gasteiger partial charge is 0.388 e. The van der Waals surface area contributed by atoms with Crippen molar-refractivity contribution in [2.75, 3.05) is 18.4 Å². The maximum Gasteiger partial charge on any atom is 0.446 e. The van der Waals surface area contributed by atoms with Gasteiger partial charge in [0.05, 0.1) is 35.9 Å². The number of guanidine groups is 1. The van der Waals surface area contributed by atoms with Gasteiger partial charge in [0.15, 0.2) is 11.4 Å². The van der Waals surface area contributed by atoms with Crippen molar-refractivity contribution < 1.29 is 43.9 Å². The molecule has 0 atom stereocenters. The van der Waals surface area contributed by atoms with Crippen molar-refractivity contribution in [1.82, 2.24) is 44.8 Å². The van der Waals surface area contributed by atoms with Gasteiger partial charge in [-0.05, 0) is 148 Å². The summed E-state index contributed by atoms with van der Waals surface area (Å²) in [6.45, 7) is 4.23. The van der Waals surface area contributed by atoms with Crippen molar-refractivity contribution in [2.45, 2.75) is 84.4 Å². The summed E-state index contributed by atoms with van der Waals surface area (Å²) in [5.74, 6) is -2.33. The van der Waals surface area contributed by atoms with Gasteiger partial charge in [-0.15, -0.1) is 0 Å². The van der Waals surface area contributed by atoms with Crippen LogP contribution in [0.4, 0.5) is 14.6 Å². The molecule has 0 aliphatic carbocycles. The lowest BCUT2D eigenvalue weighted by Crippen LogP contribution is -2.37. The number of unbranched alkanes of at least 4 members (excludes halogenated alkanes) is 2. The monoisotopic (exact) mass is 1270 g/mol. The average Bonchev–Trinajstić information content (AvgIpc) is 4.20. The molecule has 78 heavy (non-hydrogen) atoms. The number of hydrogen-bond donors (Lipinski definition) is 5. The molecule has 0 unspecified atom stereocenters. The van der Waals surface area contributed by atoms with E-state index in [1.807, 2.05) is 13.8 Å². The van der Waals surface area contributed by atoms with Crippen LogP contribution in [0.5, 0.6) is 0 Å². The second-order valence-electron chi connectivity index (χ2n) is 15.7. The molecule has 4 aromatic heterocycles. The van der Waals surface area contributed by atoms with Gasteiger partial charge in [0.25, 0.3) is 19.1 Å². The fraction of sp³-hybridized carbons (Fsp3) is 0.277. The molecule has 24 nitrogen and oxygen atoms in total. The first-order valence-electron chi connectivity index (χ1n) is 21.8. The molecule has 0 aliphatic rings. The minimum Gasteiger partial charge on any atom is -0.388 e. The van der Waals surface area contributed by atoms with Crippen LogP contribution in [0.15, 0.2) is 137 Å². The fourth-order valence-electron chi connectivity index (χ4n) is 6.41. The zero-order chi connectivity index (χ0) is 54.5. The Morgan fingerprint density at radius 2 is 1.19 bits per heavy atom. The van der Waals surface area contributed by atoms with E-state index in [0.29, 0.717) is 37.2 Å². The number of anilines is 1. The first-order valence-corrected chi connectivity index (χ1v) is 27.2. The minimum atomic E-state index is -3.84. The predicted octanol–water partition coefficient (Wildman–Crippen LogP) is 8.83. The minimum absolute atomic E-state index is 0. The molecule has 31 heteroatoms. The molecule has 0 saturated heterocycles. The van der Waals surface area contributed by atoms with Crippen molar-refractivity contribution in [2.24, 2.45) is 16.5 Å². The first kappa shape index (κ1) is 64.9. The SMILES string of the molecule is C.C.C.Cc1ccc(S(=O)(=O)Cl)cc1.Cc1ccc(S(=O)(=O)NC(N)=NCCCNc2nonc2-c2noc(=O)n2-c2ccc(F)c(Br)c2)cc1.N=C(N)CCCCCc1nonc1-c1noc(=O)n1-c1ccc(F)c(Br)c1. The average molecular weight is 1270 g/mol. The lowest BCUT2D eigenvalue weighted by Gasteiger charge is -2.08. The van der Waals surface area contributed by atoms with Crippen LogP contribution in [0.25, 0.3) is 34.4 Å². The molecule has 0 fully saturated rings. The molecule has 420 valence electrons. The van der Waals surface area contributed by atoms with E-state index in [2.05, 4.69) is 77.8 Å². The van der Waals surface area contributed by atoms with Crippen LogP contribution in [0.2, 0.25) is 0 Å². The highest BCUT2D eigenvalue weighted by Crippen LogP contribution is 2.27. The molecule has 4 aromatic carbocycles. The van der Waals surface area contributed by atoms with E-state index in [0.717, 1.165) is 35.0 Å². The third-order valence-electron chi connectivity index (χ3n) is 10.1. The van der Waals surface area contributed by atoms with Crippen LogP contribution in [0.3, 0.4) is 0 Å². The fourth-order valence-corrected chi connectivity index (χ4v) is 8.87. The summed E-state index contributed by atoms with van der Waals surface area (Å²) in [5.41, 5.74) is 14.5. The van der Waals surface area contributed by atoms with Crippen LogP contribution in [0, 0.1) is 30.9 Å². The molecule has 0 amide bonds. The van der Waals surface area contributed by atoms with Gasteiger partial charge in [0.2, 0.25) is 23.4 Å². The van der Waals surface area contributed by atoms with Crippen LogP contribution in [-0.2, 0) is 25.5 Å². The topological polar surface area (TPSA) is 354 Å². The number of halogens is 5. The molecule has 0 saturated carbocycles. The third kappa shape index (κ3) is 17.6. The number of benzene rings is 4. The molecule has 4 heterocycles. The Morgan fingerprint density at radius 3 is 1.71 bits per heavy atom. The number of amidine groups is 1. The van der Waals surface area contributed by atoms with Crippen LogP contribution < -0.4 is 33.0 Å². The van der Waals surface area contributed by atoms with Crippen LogP contribution in [0.1, 0.15) is 71.2 Å². The second-order valence-corrected chi connectivity index (χ2v) is 21.7. The Morgan fingerprint density at radius 1 is 0.692 bits per heavy atom. The van der Waals surface area contributed by atoms with E-state index >= 15 is 0 Å². The Hall–Kier alpha value is -7.41. The molecule has 8 rings (SSSR count). The maximum atomic E-state index is 13.6. The summed E-state index contributed by atoms with van der Waals surface area (Å²) in [7, 11) is -2.30. The number of aromatic nitrogens is 8. The van der Waals surface area contributed by atoms with E-state index in [1.54, 1.807) is 24.3 Å². The Labute approximate surface area is 467 Å². The molecule has 0 bridgehead atoms. The number of rotatable bonds is 18. The zero-order valence-electron chi connectivity index (χ0n) is 39.2. The summed E-state index contributed by atoms with van der Waals surface area (Å²) in [6.07, 6.45) is 3.95. The van der Waals surface area contributed by atoms with Crippen molar-refractivity contribution >= 4 is 79.2 Å². The van der Waals surface area contributed by atoms with Crippen molar-refractivity contribution in [3.05, 3.63) is 143 Å². The molecule has 7 N–H and O–H groups in total. The number of hydrogen-bond acceptors (Lipinski definition) is 19. The Bertz CT molecular complexity index is 3650. The molecule has 0 aliphatic heterocycles. The maximum absolute atomic E-state index is 13.6. The number of nitrogens with one attached hydrogen (secondary N) is 3. The highest BCUT2D eigenvalue weighted by molar-refractivity contribution is 9.10. The van der Waals surface area contributed by atoms with Gasteiger partial charge in [-0.3, -0.25) is 19.4 Å². The summed E-state index contributed by atoms with van der Waals surface area (Å²) in [6, 6.07) is 20.7. The normalized spacial score (nSPS) is 11.1. The van der Waals surface area contributed by atoms with Gasteiger partial charge < -0.3 is 16.8 Å². The summed E-state index contributed by atoms with van der Waals surface area (Å²) in [5, 5.41) is 33.0. The predicted molar refractivity (Wildman–Crippen MR) is 296 cm³/mol. The third-order valence-corrected chi connectivity index (χ3v) is 14.1. The number of sulfonamides is 1. The highest BCUT2D eigenvalue weighted by Gasteiger charge is 2.25. The van der Waals surface area contributed by atoms with Gasteiger partial charge in [-0.2, -0.15) is 0 Å². The lowest BCUT2D eigenvalue weighted by molar-refractivity contribution is 0.303. The summed E-state index contributed by atoms with van der Waals surface area (Å²) >= 11 is 6.17. The van der Waals surface area contributed by atoms with Gasteiger partial charge in [-0.25, -0.2) is 58.3 Å². The van der Waals surface area contributed by atoms with E-state index in [9.17, 15) is 35.2 Å². The van der Waals surface area contributed by atoms with Crippen molar-refractivity contribution in [1.29, 1.82) is 5.41 Å². The van der Waals surface area contributed by atoms with E-state index in [1.165, 1.54) is 65.2 Å². The summed E-state index contributed by atoms with van der Waals surface area (Å²) < 4.78 is 97.2.